The van der Waals surface area contributed by atoms with Gasteiger partial charge in [0.15, 0.2) is 0 Å². The maximum atomic E-state index is 6.21. The van der Waals surface area contributed by atoms with Gasteiger partial charge in [-0.2, -0.15) is 0 Å². The molecular weight excluding hydrogens is 400 g/mol. The lowest BCUT2D eigenvalue weighted by molar-refractivity contribution is 0.414. The average Bonchev–Trinajstić information content (AvgIpc) is 2.85. The van der Waals surface area contributed by atoms with Crippen LogP contribution in [-0.2, 0) is 6.42 Å². The van der Waals surface area contributed by atoms with Gasteiger partial charge in [-0.15, -0.1) is 0 Å². The molecule has 0 fully saturated rings. The fraction of sp³-hybridized carbons (Fsp3) is 0.192. The van der Waals surface area contributed by atoms with Crippen molar-refractivity contribution in [3.63, 3.8) is 0 Å². The summed E-state index contributed by atoms with van der Waals surface area (Å²) in [6, 6.07) is 24.1. The zero-order chi connectivity index (χ0) is 22.3. The van der Waals surface area contributed by atoms with Gasteiger partial charge in [-0.1, -0.05) is 36.4 Å². The van der Waals surface area contributed by atoms with Crippen molar-refractivity contribution in [1.29, 1.82) is 0 Å². The standard InChI is InChI=1S/C26H28N4O2/c1-31-20-11-7-18(8-12-20)15-16-28-26-25(29-23-5-3-4-6-24(23)30-26)22(17-27)19-9-13-21(32-2)14-10-19/h3-14,29H,15-17,27H2,1-2H3,(H,28,30). The van der Waals surface area contributed by atoms with Crippen LogP contribution < -0.4 is 25.8 Å². The number of hydrogen-bond acceptors (Lipinski definition) is 5. The molecule has 0 saturated carbocycles. The Hall–Kier alpha value is -3.77. The van der Waals surface area contributed by atoms with Crippen molar-refractivity contribution in [3.8, 4) is 11.5 Å². The van der Waals surface area contributed by atoms with E-state index in [4.69, 9.17) is 20.2 Å². The first-order valence-corrected chi connectivity index (χ1v) is 10.6. The van der Waals surface area contributed by atoms with Gasteiger partial charge in [0, 0.05) is 18.7 Å². The molecule has 0 unspecified atom stereocenters. The Morgan fingerprint density at radius 2 is 1.41 bits per heavy atom. The first-order valence-electron chi connectivity index (χ1n) is 10.6. The Kier molecular flexibility index (Phi) is 6.72. The minimum Gasteiger partial charge on any atom is -0.497 e. The molecule has 0 amide bonds. The van der Waals surface area contributed by atoms with Crippen molar-refractivity contribution in [1.82, 2.24) is 0 Å². The molecule has 32 heavy (non-hydrogen) atoms. The lowest BCUT2D eigenvalue weighted by atomic mass is 10.0. The number of rotatable bonds is 7. The summed E-state index contributed by atoms with van der Waals surface area (Å²) in [5, 5.41) is 7.04. The van der Waals surface area contributed by atoms with Crippen LogP contribution in [0.25, 0.3) is 5.57 Å². The Morgan fingerprint density at radius 3 is 2.00 bits per heavy atom. The summed E-state index contributed by atoms with van der Waals surface area (Å²) < 4.78 is 10.5. The molecule has 1 aliphatic rings. The van der Waals surface area contributed by atoms with E-state index in [0.717, 1.165) is 52.0 Å². The number of para-hydroxylation sites is 2. The van der Waals surface area contributed by atoms with Crippen molar-refractivity contribution >= 4 is 22.8 Å². The second kappa shape index (κ2) is 10.0. The number of fused-ring (bicyclic) bond motifs is 1. The van der Waals surface area contributed by atoms with E-state index in [1.54, 1.807) is 14.2 Å². The van der Waals surface area contributed by atoms with E-state index in [9.17, 15) is 0 Å². The fourth-order valence-corrected chi connectivity index (χ4v) is 3.67. The monoisotopic (exact) mass is 428 g/mol. The normalized spacial score (nSPS) is 15.4. The number of hydrogen-bond donors (Lipinski definition) is 3. The Balaban J connectivity index is 1.66. The highest BCUT2D eigenvalue weighted by Gasteiger charge is 2.21. The van der Waals surface area contributed by atoms with Gasteiger partial charge in [-0.25, -0.2) is 0 Å². The van der Waals surface area contributed by atoms with Crippen molar-refractivity contribution in [2.45, 2.75) is 6.42 Å². The molecule has 0 bridgehead atoms. The number of methoxy groups -OCH3 is 2. The largest absolute Gasteiger partial charge is 0.497 e. The molecule has 4 N–H and O–H groups in total. The quantitative estimate of drug-likeness (QED) is 0.514. The highest BCUT2D eigenvalue weighted by atomic mass is 16.5. The first kappa shape index (κ1) is 21.5. The Labute approximate surface area is 188 Å². The third-order valence-electron chi connectivity index (χ3n) is 5.45. The lowest BCUT2D eigenvalue weighted by Gasteiger charge is -2.27. The van der Waals surface area contributed by atoms with Crippen molar-refractivity contribution in [3.05, 3.63) is 89.6 Å². The molecule has 1 aliphatic heterocycles. The summed E-state index contributed by atoms with van der Waals surface area (Å²) >= 11 is 0. The van der Waals surface area contributed by atoms with E-state index in [0.29, 0.717) is 13.1 Å². The molecule has 0 spiro atoms. The summed E-state index contributed by atoms with van der Waals surface area (Å²) in [6.45, 7) is 1.01. The average molecular weight is 429 g/mol. The number of ether oxygens (including phenoxy) is 2. The minimum atomic E-state index is 0.371. The number of aliphatic imine (C=N–C) groups is 1. The number of nitrogens with two attached hydrogens (primary N) is 1. The second-order valence-corrected chi connectivity index (χ2v) is 7.41. The molecule has 6 heteroatoms. The minimum absolute atomic E-state index is 0.371. The number of nitrogens with one attached hydrogen (secondary N) is 2. The van der Waals surface area contributed by atoms with Crippen molar-refractivity contribution in [2.75, 3.05) is 37.9 Å². The van der Waals surface area contributed by atoms with Gasteiger partial charge < -0.3 is 25.8 Å². The third kappa shape index (κ3) is 4.76. The van der Waals surface area contributed by atoms with Gasteiger partial charge in [0.25, 0.3) is 0 Å². The zero-order valence-corrected chi connectivity index (χ0v) is 18.4. The summed E-state index contributed by atoms with van der Waals surface area (Å²) in [7, 11) is 3.33. The highest BCUT2D eigenvalue weighted by Crippen LogP contribution is 2.31. The number of benzene rings is 3. The molecular formula is C26H28N4O2. The van der Waals surface area contributed by atoms with Crippen LogP contribution in [0.1, 0.15) is 11.1 Å². The van der Waals surface area contributed by atoms with E-state index < -0.39 is 0 Å². The van der Waals surface area contributed by atoms with Crippen LogP contribution in [0.2, 0.25) is 0 Å². The summed E-state index contributed by atoms with van der Waals surface area (Å²) in [5.74, 6) is 2.45. The van der Waals surface area contributed by atoms with E-state index in [1.165, 1.54) is 5.56 Å². The van der Waals surface area contributed by atoms with E-state index in [1.807, 2.05) is 60.7 Å². The molecule has 3 aromatic carbocycles. The van der Waals surface area contributed by atoms with Gasteiger partial charge in [0.05, 0.1) is 31.3 Å². The van der Waals surface area contributed by atoms with E-state index in [2.05, 4.69) is 22.8 Å². The Morgan fingerprint density at radius 1 is 0.812 bits per heavy atom. The van der Waals surface area contributed by atoms with Crippen molar-refractivity contribution in [2.24, 2.45) is 10.7 Å². The molecule has 0 atom stereocenters. The summed E-state index contributed by atoms with van der Waals surface area (Å²) in [6.07, 6.45) is 0.824. The van der Waals surface area contributed by atoms with E-state index >= 15 is 0 Å². The van der Waals surface area contributed by atoms with Gasteiger partial charge >= 0.3 is 0 Å². The number of anilines is 2. The van der Waals surface area contributed by atoms with Crippen LogP contribution in [0.15, 0.2) is 83.5 Å². The molecule has 6 nitrogen and oxygen atoms in total. The smallest absolute Gasteiger partial charge is 0.149 e. The second-order valence-electron chi connectivity index (χ2n) is 7.41. The first-order chi connectivity index (χ1) is 15.7. The van der Waals surface area contributed by atoms with Crippen LogP contribution in [0.4, 0.5) is 11.4 Å². The molecule has 0 aromatic heterocycles. The number of nitrogens with zero attached hydrogens (tertiary/aromatic N) is 1. The van der Waals surface area contributed by atoms with Crippen LogP contribution in [0.3, 0.4) is 0 Å². The van der Waals surface area contributed by atoms with Gasteiger partial charge in [0.2, 0.25) is 0 Å². The van der Waals surface area contributed by atoms with E-state index in [-0.39, 0.29) is 0 Å². The van der Waals surface area contributed by atoms with Gasteiger partial charge in [-0.05, 0) is 53.9 Å². The highest BCUT2D eigenvalue weighted by molar-refractivity contribution is 6.18. The fourth-order valence-electron chi connectivity index (χ4n) is 3.67. The lowest BCUT2D eigenvalue weighted by Crippen LogP contribution is -2.29. The molecule has 1 heterocycles. The van der Waals surface area contributed by atoms with Crippen LogP contribution in [0, 0.1) is 0 Å². The van der Waals surface area contributed by atoms with Gasteiger partial charge in [-0.3, -0.25) is 4.99 Å². The molecule has 0 aliphatic carbocycles. The SMILES string of the molecule is COc1ccc(CCN=C2Nc3ccccc3NC2=C(CN)c2ccc(OC)cc2)cc1. The predicted molar refractivity (Wildman–Crippen MR) is 132 cm³/mol. The molecule has 4 rings (SSSR count). The van der Waals surface area contributed by atoms with Crippen molar-refractivity contribution < 1.29 is 9.47 Å². The van der Waals surface area contributed by atoms with Crippen LogP contribution in [0.5, 0.6) is 11.5 Å². The predicted octanol–water partition coefficient (Wildman–Crippen LogP) is 4.55. The summed E-state index contributed by atoms with van der Waals surface area (Å²) in [5.41, 5.74) is 12.3. The topological polar surface area (TPSA) is 80.9 Å². The van der Waals surface area contributed by atoms with Gasteiger partial charge in [0.1, 0.15) is 17.3 Å². The number of amidine groups is 1. The summed E-state index contributed by atoms with van der Waals surface area (Å²) in [4.78, 5) is 4.90. The molecule has 164 valence electrons. The van der Waals surface area contributed by atoms with Crippen LogP contribution in [-0.4, -0.2) is 33.1 Å². The third-order valence-corrected chi connectivity index (χ3v) is 5.45. The molecule has 3 aromatic rings. The Bertz CT molecular complexity index is 1120. The van der Waals surface area contributed by atoms with Crippen LogP contribution >= 0.6 is 0 Å². The molecule has 0 saturated heterocycles. The zero-order valence-electron chi connectivity index (χ0n) is 18.4. The molecule has 0 radical (unpaired) electrons. The maximum absolute atomic E-state index is 6.21. The maximum Gasteiger partial charge on any atom is 0.149 e.